The van der Waals surface area contributed by atoms with Crippen LogP contribution in [0.3, 0.4) is 0 Å². The molecular formula is C18H29N3O3. The number of nitrogens with one attached hydrogen (secondary N) is 2. The van der Waals surface area contributed by atoms with Crippen molar-refractivity contribution in [1.29, 1.82) is 0 Å². The van der Waals surface area contributed by atoms with Gasteiger partial charge in [0.05, 0.1) is 5.69 Å². The second-order valence-electron chi connectivity index (χ2n) is 7.38. The number of anilines is 1. The summed E-state index contributed by atoms with van der Waals surface area (Å²) < 4.78 is 6.99. The maximum Gasteiger partial charge on any atom is 0.407 e. The van der Waals surface area contributed by atoms with Crippen LogP contribution in [0.1, 0.15) is 53.4 Å². The maximum atomic E-state index is 11.8. The Kier molecular flexibility index (Phi) is 5.91. The van der Waals surface area contributed by atoms with E-state index >= 15 is 0 Å². The Bertz CT molecular complexity index is 611. The van der Waals surface area contributed by atoms with Gasteiger partial charge in [-0.05, 0) is 59.4 Å². The van der Waals surface area contributed by atoms with E-state index in [2.05, 4.69) is 10.6 Å². The third-order valence-corrected chi connectivity index (χ3v) is 4.14. The topological polar surface area (TPSA) is 72.4 Å². The van der Waals surface area contributed by atoms with Gasteiger partial charge in [-0.2, -0.15) is 0 Å². The number of hydrogen-bond donors (Lipinski definition) is 2. The summed E-state index contributed by atoms with van der Waals surface area (Å²) in [5.74, 6) is 0. The van der Waals surface area contributed by atoms with Gasteiger partial charge in [-0.1, -0.05) is 0 Å². The van der Waals surface area contributed by atoms with Gasteiger partial charge in [-0.25, -0.2) is 4.79 Å². The molecule has 0 spiro atoms. The molecule has 1 aromatic rings. The SMILES string of the molecule is CCn1cc(NC2CCC(NC(=O)OC(C)(C)C)CC2)ccc1=O. The Morgan fingerprint density at radius 2 is 1.83 bits per heavy atom. The molecule has 1 saturated carbocycles. The van der Waals surface area contributed by atoms with E-state index in [-0.39, 0.29) is 17.7 Å². The number of nitrogens with zero attached hydrogens (tertiary/aromatic N) is 1. The average molecular weight is 335 g/mol. The van der Waals surface area contributed by atoms with Crippen molar-refractivity contribution in [1.82, 2.24) is 9.88 Å². The van der Waals surface area contributed by atoms with Crippen molar-refractivity contribution in [3.63, 3.8) is 0 Å². The largest absolute Gasteiger partial charge is 0.444 e. The molecule has 1 aliphatic rings. The van der Waals surface area contributed by atoms with Crippen LogP contribution in [0.25, 0.3) is 0 Å². The second kappa shape index (κ2) is 7.73. The lowest BCUT2D eigenvalue weighted by atomic mass is 9.91. The van der Waals surface area contributed by atoms with Crippen LogP contribution in [0.15, 0.2) is 23.1 Å². The fourth-order valence-electron chi connectivity index (χ4n) is 2.96. The molecule has 134 valence electrons. The van der Waals surface area contributed by atoms with Gasteiger partial charge in [-0.15, -0.1) is 0 Å². The summed E-state index contributed by atoms with van der Waals surface area (Å²) in [5, 5.41) is 6.44. The minimum Gasteiger partial charge on any atom is -0.444 e. The van der Waals surface area contributed by atoms with Crippen molar-refractivity contribution in [2.75, 3.05) is 5.32 Å². The molecule has 0 aromatic carbocycles. The van der Waals surface area contributed by atoms with Crippen LogP contribution in [-0.2, 0) is 11.3 Å². The first-order chi connectivity index (χ1) is 11.3. The molecule has 0 saturated heterocycles. The molecule has 1 amide bonds. The standard InChI is InChI=1S/C18H29N3O3/c1-5-21-12-15(10-11-16(21)22)19-13-6-8-14(9-7-13)20-17(23)24-18(2,3)4/h10-14,19H,5-9H2,1-4H3,(H,20,23). The number of hydrogen-bond acceptors (Lipinski definition) is 4. The smallest absolute Gasteiger partial charge is 0.407 e. The first-order valence-electron chi connectivity index (χ1n) is 8.73. The molecule has 1 heterocycles. The highest BCUT2D eigenvalue weighted by Gasteiger charge is 2.24. The van der Waals surface area contributed by atoms with Gasteiger partial charge in [0, 0.05) is 30.9 Å². The normalized spacial score (nSPS) is 21.2. The first-order valence-corrected chi connectivity index (χ1v) is 8.73. The molecule has 0 aliphatic heterocycles. The van der Waals surface area contributed by atoms with Gasteiger partial charge < -0.3 is 19.9 Å². The number of aryl methyl sites for hydroxylation is 1. The van der Waals surface area contributed by atoms with E-state index in [0.717, 1.165) is 31.4 Å². The summed E-state index contributed by atoms with van der Waals surface area (Å²) >= 11 is 0. The molecule has 1 aromatic heterocycles. The summed E-state index contributed by atoms with van der Waals surface area (Å²) in [5.41, 5.74) is 0.527. The third kappa shape index (κ3) is 5.58. The molecule has 1 fully saturated rings. The zero-order valence-electron chi connectivity index (χ0n) is 15.1. The molecule has 6 nitrogen and oxygen atoms in total. The van der Waals surface area contributed by atoms with E-state index in [1.54, 1.807) is 10.6 Å². The van der Waals surface area contributed by atoms with Gasteiger partial charge in [0.25, 0.3) is 5.56 Å². The molecular weight excluding hydrogens is 306 g/mol. The van der Waals surface area contributed by atoms with E-state index in [1.165, 1.54) is 0 Å². The van der Waals surface area contributed by atoms with E-state index in [4.69, 9.17) is 4.74 Å². The summed E-state index contributed by atoms with van der Waals surface area (Å²) in [6, 6.07) is 3.97. The Morgan fingerprint density at radius 1 is 1.21 bits per heavy atom. The van der Waals surface area contributed by atoms with Crippen LogP contribution in [-0.4, -0.2) is 28.3 Å². The highest BCUT2D eigenvalue weighted by Crippen LogP contribution is 2.22. The number of carbonyl (C=O) groups excluding carboxylic acids is 1. The summed E-state index contributed by atoms with van der Waals surface area (Å²) in [6.07, 6.45) is 5.33. The van der Waals surface area contributed by atoms with E-state index < -0.39 is 5.60 Å². The van der Waals surface area contributed by atoms with Gasteiger partial charge in [0.1, 0.15) is 5.60 Å². The third-order valence-electron chi connectivity index (χ3n) is 4.14. The number of rotatable bonds is 4. The molecule has 0 radical (unpaired) electrons. The molecule has 0 atom stereocenters. The van der Waals surface area contributed by atoms with Crippen molar-refractivity contribution in [2.45, 2.75) is 77.6 Å². The number of ether oxygens (including phenoxy) is 1. The van der Waals surface area contributed by atoms with Crippen molar-refractivity contribution >= 4 is 11.8 Å². The lowest BCUT2D eigenvalue weighted by molar-refractivity contribution is 0.0492. The number of pyridine rings is 1. The lowest BCUT2D eigenvalue weighted by Gasteiger charge is -2.31. The number of carbonyl (C=O) groups is 1. The zero-order chi connectivity index (χ0) is 17.7. The van der Waals surface area contributed by atoms with Gasteiger partial charge in [-0.3, -0.25) is 4.79 Å². The Morgan fingerprint density at radius 3 is 2.42 bits per heavy atom. The van der Waals surface area contributed by atoms with Crippen molar-refractivity contribution < 1.29 is 9.53 Å². The molecule has 0 bridgehead atoms. The van der Waals surface area contributed by atoms with Gasteiger partial charge in [0.2, 0.25) is 0 Å². The average Bonchev–Trinajstić information content (AvgIpc) is 2.49. The van der Waals surface area contributed by atoms with Crippen molar-refractivity contribution in [3.05, 3.63) is 28.7 Å². The Labute approximate surface area is 143 Å². The van der Waals surface area contributed by atoms with Crippen LogP contribution < -0.4 is 16.2 Å². The molecule has 2 N–H and O–H groups in total. The number of alkyl carbamates (subject to hydrolysis) is 1. The number of aromatic nitrogens is 1. The Balaban J connectivity index is 1.80. The summed E-state index contributed by atoms with van der Waals surface area (Å²) in [4.78, 5) is 23.4. The molecule has 1 aliphatic carbocycles. The van der Waals surface area contributed by atoms with Crippen LogP contribution in [0.5, 0.6) is 0 Å². The van der Waals surface area contributed by atoms with Crippen molar-refractivity contribution in [3.8, 4) is 0 Å². The van der Waals surface area contributed by atoms with E-state index in [9.17, 15) is 9.59 Å². The highest BCUT2D eigenvalue weighted by atomic mass is 16.6. The van der Waals surface area contributed by atoms with Crippen LogP contribution in [0.4, 0.5) is 10.5 Å². The minimum absolute atomic E-state index is 0.0216. The second-order valence-corrected chi connectivity index (χ2v) is 7.38. The minimum atomic E-state index is -0.467. The van der Waals surface area contributed by atoms with Gasteiger partial charge in [0.15, 0.2) is 0 Å². The molecule has 6 heteroatoms. The lowest BCUT2D eigenvalue weighted by Crippen LogP contribution is -2.42. The quantitative estimate of drug-likeness (QED) is 0.887. The van der Waals surface area contributed by atoms with Gasteiger partial charge >= 0.3 is 6.09 Å². The summed E-state index contributed by atoms with van der Waals surface area (Å²) in [7, 11) is 0. The predicted octanol–water partition coefficient (Wildman–Crippen LogP) is 3.12. The maximum absolute atomic E-state index is 11.8. The number of amides is 1. The van der Waals surface area contributed by atoms with E-state index in [1.807, 2.05) is 40.0 Å². The predicted molar refractivity (Wildman–Crippen MR) is 95.4 cm³/mol. The van der Waals surface area contributed by atoms with Crippen LogP contribution >= 0.6 is 0 Å². The first kappa shape index (κ1) is 18.4. The van der Waals surface area contributed by atoms with Crippen LogP contribution in [0, 0.1) is 0 Å². The molecule has 0 unspecified atom stereocenters. The highest BCUT2D eigenvalue weighted by molar-refractivity contribution is 5.68. The summed E-state index contributed by atoms with van der Waals surface area (Å²) in [6.45, 7) is 8.22. The van der Waals surface area contributed by atoms with E-state index in [0.29, 0.717) is 12.6 Å². The fourth-order valence-corrected chi connectivity index (χ4v) is 2.96. The fraction of sp³-hybridized carbons (Fsp3) is 0.667. The van der Waals surface area contributed by atoms with Crippen LogP contribution in [0.2, 0.25) is 0 Å². The Hall–Kier alpha value is -1.98. The van der Waals surface area contributed by atoms with Crippen molar-refractivity contribution in [2.24, 2.45) is 0 Å². The zero-order valence-corrected chi connectivity index (χ0v) is 15.1. The molecule has 2 rings (SSSR count). The monoisotopic (exact) mass is 335 g/mol. The molecule has 24 heavy (non-hydrogen) atoms.